The number of carbonyl (C=O) groups is 1. The quantitative estimate of drug-likeness (QED) is 0.373. The number of pyridine rings is 2. The van der Waals surface area contributed by atoms with Crippen LogP contribution in [0, 0.1) is 6.92 Å². The van der Waals surface area contributed by atoms with E-state index in [1.807, 2.05) is 42.9 Å². The van der Waals surface area contributed by atoms with Gasteiger partial charge >= 0.3 is 0 Å². The molecular weight excluding hydrogens is 436 g/mol. The smallest absolute Gasteiger partial charge is 0.258 e. The fourth-order valence-electron chi connectivity index (χ4n) is 5.05. The molecule has 1 saturated heterocycles. The van der Waals surface area contributed by atoms with Crippen LogP contribution in [-0.4, -0.2) is 50.5 Å². The second-order valence-corrected chi connectivity index (χ2v) is 9.53. The lowest BCUT2D eigenvalue weighted by Crippen LogP contribution is -2.31. The number of aromatic amines is 1. The van der Waals surface area contributed by atoms with Crippen LogP contribution in [0.15, 0.2) is 67.3 Å². The molecule has 5 heterocycles. The zero-order chi connectivity index (χ0) is 23.9. The third-order valence-corrected chi connectivity index (χ3v) is 7.09. The summed E-state index contributed by atoms with van der Waals surface area (Å²) in [5.74, 6) is 0.409. The predicted molar refractivity (Wildman–Crippen MR) is 140 cm³/mol. The van der Waals surface area contributed by atoms with Gasteiger partial charge in [0.25, 0.3) is 5.91 Å². The fourth-order valence-corrected chi connectivity index (χ4v) is 5.05. The molecule has 0 aliphatic carbocycles. The highest BCUT2D eigenvalue weighted by atomic mass is 16.1. The van der Waals surface area contributed by atoms with Crippen molar-refractivity contribution >= 4 is 33.5 Å². The lowest BCUT2D eigenvalue weighted by Gasteiger charge is -2.30. The molecule has 7 nitrogen and oxygen atoms in total. The van der Waals surface area contributed by atoms with Crippen LogP contribution in [-0.2, 0) is 0 Å². The van der Waals surface area contributed by atoms with Crippen LogP contribution < -0.4 is 5.32 Å². The first-order valence-corrected chi connectivity index (χ1v) is 12.1. The largest absolute Gasteiger partial charge is 0.360 e. The summed E-state index contributed by atoms with van der Waals surface area (Å²) in [4.78, 5) is 27.6. The Morgan fingerprint density at radius 1 is 1.00 bits per heavy atom. The number of amides is 1. The Labute approximate surface area is 203 Å². The molecule has 1 aliphatic heterocycles. The number of hydrogen-bond acceptors (Lipinski definition) is 4. The third-order valence-electron chi connectivity index (χ3n) is 7.09. The molecule has 1 fully saturated rings. The molecule has 0 saturated carbocycles. The van der Waals surface area contributed by atoms with Gasteiger partial charge in [-0.1, -0.05) is 12.1 Å². The lowest BCUT2D eigenvalue weighted by atomic mass is 10.0. The van der Waals surface area contributed by atoms with Crippen LogP contribution >= 0.6 is 0 Å². The summed E-state index contributed by atoms with van der Waals surface area (Å²) >= 11 is 0. The lowest BCUT2D eigenvalue weighted by molar-refractivity contribution is 0.102. The zero-order valence-corrected chi connectivity index (χ0v) is 20.0. The van der Waals surface area contributed by atoms with E-state index in [-0.39, 0.29) is 5.91 Å². The van der Waals surface area contributed by atoms with Crippen molar-refractivity contribution in [3.05, 3.63) is 78.5 Å². The van der Waals surface area contributed by atoms with E-state index in [9.17, 15) is 4.79 Å². The van der Waals surface area contributed by atoms with Gasteiger partial charge in [-0.15, -0.1) is 0 Å². The number of nitrogens with one attached hydrogen (secondary N) is 2. The molecule has 6 rings (SSSR count). The van der Waals surface area contributed by atoms with Gasteiger partial charge in [0.1, 0.15) is 5.82 Å². The van der Waals surface area contributed by atoms with E-state index in [0.717, 1.165) is 64.6 Å². The molecule has 0 radical (unpaired) electrons. The van der Waals surface area contributed by atoms with Gasteiger partial charge in [-0.05, 0) is 81.2 Å². The number of rotatable bonds is 4. The normalized spacial score (nSPS) is 15.1. The Morgan fingerprint density at radius 2 is 1.86 bits per heavy atom. The molecule has 4 aromatic heterocycles. The molecule has 0 bridgehead atoms. The molecule has 1 aliphatic rings. The van der Waals surface area contributed by atoms with E-state index in [2.05, 4.69) is 61.9 Å². The van der Waals surface area contributed by atoms with E-state index in [0.29, 0.717) is 17.4 Å². The van der Waals surface area contributed by atoms with Crippen molar-refractivity contribution in [3.63, 3.8) is 0 Å². The molecular formula is C28H28N6O. The van der Waals surface area contributed by atoms with Crippen LogP contribution in [0.2, 0.25) is 0 Å². The number of aryl methyl sites for hydroxylation is 1. The van der Waals surface area contributed by atoms with Gasteiger partial charge in [-0.3, -0.25) is 9.78 Å². The van der Waals surface area contributed by atoms with Crippen LogP contribution in [0.4, 0.5) is 5.82 Å². The maximum atomic E-state index is 13.1. The van der Waals surface area contributed by atoms with E-state index >= 15 is 0 Å². The number of H-pyrrole nitrogens is 1. The van der Waals surface area contributed by atoms with Crippen molar-refractivity contribution < 1.29 is 4.79 Å². The number of hydrogen-bond donors (Lipinski definition) is 2. The van der Waals surface area contributed by atoms with Gasteiger partial charge in [-0.2, -0.15) is 0 Å². The first kappa shape index (κ1) is 21.6. The summed E-state index contributed by atoms with van der Waals surface area (Å²) in [6, 6.07) is 14.6. The maximum Gasteiger partial charge on any atom is 0.258 e. The number of piperidine rings is 1. The summed E-state index contributed by atoms with van der Waals surface area (Å²) in [5, 5.41) is 5.02. The highest BCUT2D eigenvalue weighted by molar-refractivity contribution is 6.04. The molecule has 0 atom stereocenters. The predicted octanol–water partition coefficient (Wildman–Crippen LogP) is 5.41. The molecule has 2 N–H and O–H groups in total. The monoisotopic (exact) mass is 464 g/mol. The maximum absolute atomic E-state index is 13.1. The van der Waals surface area contributed by atoms with Crippen molar-refractivity contribution in [2.24, 2.45) is 0 Å². The first-order chi connectivity index (χ1) is 17.0. The minimum absolute atomic E-state index is 0.135. The second-order valence-electron chi connectivity index (χ2n) is 9.53. The Morgan fingerprint density at radius 3 is 2.71 bits per heavy atom. The molecule has 176 valence electrons. The second kappa shape index (κ2) is 8.67. The topological polar surface area (TPSA) is 78.8 Å². The fraction of sp³-hybridized carbons (Fsp3) is 0.250. The van der Waals surface area contributed by atoms with Crippen LogP contribution in [0.1, 0.15) is 34.9 Å². The Hall–Kier alpha value is -3.97. The van der Waals surface area contributed by atoms with E-state index in [4.69, 9.17) is 0 Å². The third kappa shape index (κ3) is 4.19. The van der Waals surface area contributed by atoms with Crippen molar-refractivity contribution in [2.75, 3.05) is 25.5 Å². The van der Waals surface area contributed by atoms with E-state index in [1.165, 1.54) is 0 Å². The summed E-state index contributed by atoms with van der Waals surface area (Å²) < 4.78 is 2.26. The van der Waals surface area contributed by atoms with Crippen LogP contribution in [0.25, 0.3) is 32.9 Å². The molecule has 1 amide bonds. The SMILES string of the molecule is Cc1cc(C(=O)Nc2cc3cc(-c4cnc5cc[nH]c5c4)ccc3cn2)cn1C1CCN(C)CC1. The highest BCUT2D eigenvalue weighted by Crippen LogP contribution is 2.28. The van der Waals surface area contributed by atoms with Gasteiger partial charge < -0.3 is 19.8 Å². The first-order valence-electron chi connectivity index (χ1n) is 12.1. The summed E-state index contributed by atoms with van der Waals surface area (Å²) in [6.07, 6.45) is 9.78. The standard InChI is InChI=1S/C28H28N6O/c1-18-11-23(17-34(18)24-6-9-33(2)10-7-24)28(35)32-27-14-21-12-19(3-4-20(21)15-31-27)22-13-26-25(30-16-22)5-8-29-26/h3-5,8,11-17,24,29H,6-7,9-10H2,1-2H3,(H,31,32,35). The number of carbonyl (C=O) groups excluding carboxylic acids is 1. The Balaban J connectivity index is 1.24. The average molecular weight is 465 g/mol. The van der Waals surface area contributed by atoms with Gasteiger partial charge in [0.2, 0.25) is 0 Å². The molecule has 1 aromatic carbocycles. The summed E-state index contributed by atoms with van der Waals surface area (Å²) in [5.41, 5.74) is 5.85. The Bertz CT molecular complexity index is 1540. The van der Waals surface area contributed by atoms with Crippen molar-refractivity contribution in [2.45, 2.75) is 25.8 Å². The van der Waals surface area contributed by atoms with Crippen LogP contribution in [0.5, 0.6) is 0 Å². The number of nitrogens with zero attached hydrogens (tertiary/aromatic N) is 4. The van der Waals surface area contributed by atoms with Gasteiger partial charge in [0.05, 0.1) is 16.6 Å². The van der Waals surface area contributed by atoms with E-state index < -0.39 is 0 Å². The summed E-state index contributed by atoms with van der Waals surface area (Å²) in [6.45, 7) is 4.24. The number of aromatic nitrogens is 4. The van der Waals surface area contributed by atoms with Crippen molar-refractivity contribution in [3.8, 4) is 11.1 Å². The molecule has 7 heteroatoms. The van der Waals surface area contributed by atoms with Gasteiger partial charge in [-0.25, -0.2) is 4.98 Å². The number of likely N-dealkylation sites (tertiary alicyclic amines) is 1. The zero-order valence-electron chi connectivity index (χ0n) is 20.0. The minimum Gasteiger partial charge on any atom is -0.360 e. The number of fused-ring (bicyclic) bond motifs is 2. The van der Waals surface area contributed by atoms with Gasteiger partial charge in [0, 0.05) is 47.5 Å². The summed E-state index contributed by atoms with van der Waals surface area (Å²) in [7, 11) is 2.16. The molecule has 0 spiro atoms. The van der Waals surface area contributed by atoms with Crippen molar-refractivity contribution in [1.82, 2.24) is 24.4 Å². The van der Waals surface area contributed by atoms with Crippen molar-refractivity contribution in [1.29, 1.82) is 0 Å². The number of anilines is 1. The highest BCUT2D eigenvalue weighted by Gasteiger charge is 2.21. The molecule has 0 unspecified atom stereocenters. The Kier molecular flexibility index (Phi) is 5.34. The van der Waals surface area contributed by atoms with E-state index in [1.54, 1.807) is 6.20 Å². The number of benzene rings is 1. The average Bonchev–Trinajstić information content (AvgIpc) is 3.50. The van der Waals surface area contributed by atoms with Gasteiger partial charge in [0.15, 0.2) is 0 Å². The van der Waals surface area contributed by atoms with Crippen LogP contribution in [0.3, 0.4) is 0 Å². The minimum atomic E-state index is -0.135. The molecule has 5 aromatic rings. The molecule has 35 heavy (non-hydrogen) atoms.